The van der Waals surface area contributed by atoms with Crippen LogP contribution in [0.3, 0.4) is 0 Å². The summed E-state index contributed by atoms with van der Waals surface area (Å²) in [4.78, 5) is 12.5. The van der Waals surface area contributed by atoms with Gasteiger partial charge in [-0.1, -0.05) is 0 Å². The quantitative estimate of drug-likeness (QED) is 0.707. The second kappa shape index (κ2) is 7.09. The van der Waals surface area contributed by atoms with E-state index in [1.807, 2.05) is 0 Å². The van der Waals surface area contributed by atoms with Gasteiger partial charge >= 0.3 is 12.1 Å². The number of aliphatic hydroxyl groups is 1. The van der Waals surface area contributed by atoms with Crippen molar-refractivity contribution in [2.24, 2.45) is 5.92 Å². The molecule has 0 aromatic rings. The summed E-state index contributed by atoms with van der Waals surface area (Å²) >= 11 is 0. The minimum absolute atomic E-state index is 0.128. The summed E-state index contributed by atoms with van der Waals surface area (Å²) in [5.74, 6) is -0.340. The van der Waals surface area contributed by atoms with E-state index in [4.69, 9.17) is 9.84 Å². The van der Waals surface area contributed by atoms with Crippen molar-refractivity contribution in [2.75, 3.05) is 26.2 Å². The minimum atomic E-state index is -4.54. The van der Waals surface area contributed by atoms with E-state index in [9.17, 15) is 18.0 Å². The lowest BCUT2D eigenvalue weighted by molar-refractivity contribution is -0.906. The number of hydrogen-bond donors (Lipinski definition) is 2. The van der Waals surface area contributed by atoms with E-state index in [2.05, 4.69) is 0 Å². The van der Waals surface area contributed by atoms with Gasteiger partial charge in [0.1, 0.15) is 0 Å². The maximum atomic E-state index is 12.1. The molecule has 0 unspecified atom stereocenters. The Morgan fingerprint density at radius 2 is 2.00 bits per heavy atom. The number of carbonyl (C=O) groups is 1. The van der Waals surface area contributed by atoms with Crippen molar-refractivity contribution in [2.45, 2.75) is 38.5 Å². The first-order valence-corrected chi connectivity index (χ1v) is 6.59. The minimum Gasteiger partial charge on any atom is -0.466 e. The van der Waals surface area contributed by atoms with Crippen LogP contribution in [0.4, 0.5) is 13.2 Å². The molecular weight excluding hydrogens is 263 g/mol. The van der Waals surface area contributed by atoms with Crippen molar-refractivity contribution in [3.05, 3.63) is 0 Å². The third-order valence-electron chi connectivity index (χ3n) is 3.46. The monoisotopic (exact) mass is 284 g/mol. The Balaban J connectivity index is 2.25. The van der Waals surface area contributed by atoms with Crippen molar-refractivity contribution in [1.29, 1.82) is 0 Å². The topological polar surface area (TPSA) is 51.0 Å². The second-order valence-electron chi connectivity index (χ2n) is 4.87. The highest BCUT2D eigenvalue weighted by Crippen LogP contribution is 2.21. The number of ether oxygens (including phenoxy) is 1. The van der Waals surface area contributed by atoms with Crippen molar-refractivity contribution in [3.63, 3.8) is 0 Å². The molecule has 1 saturated heterocycles. The standard InChI is InChI=1S/C12H20F3NO3/c1-2-19-11(18)9-3-6-16(7-4-9)8-5-10(17)12(13,14)15/h9-10,17H,2-8H2,1H3/p+1/t10-/m0/s1. The third-order valence-corrected chi connectivity index (χ3v) is 3.46. The molecule has 2 N–H and O–H groups in total. The summed E-state index contributed by atoms with van der Waals surface area (Å²) in [5, 5.41) is 8.91. The Kier molecular flexibility index (Phi) is 6.06. The van der Waals surface area contributed by atoms with Crippen LogP contribution in [0.1, 0.15) is 26.2 Å². The van der Waals surface area contributed by atoms with E-state index >= 15 is 0 Å². The van der Waals surface area contributed by atoms with Gasteiger partial charge in [-0.15, -0.1) is 0 Å². The van der Waals surface area contributed by atoms with Gasteiger partial charge in [0, 0.05) is 19.3 Å². The number of aliphatic hydroxyl groups excluding tert-OH is 1. The molecule has 1 aliphatic rings. The van der Waals surface area contributed by atoms with Crippen LogP contribution in [0.2, 0.25) is 0 Å². The van der Waals surface area contributed by atoms with Crippen molar-refractivity contribution < 1.29 is 32.7 Å². The number of rotatable bonds is 5. The highest BCUT2D eigenvalue weighted by Gasteiger charge is 2.39. The smallest absolute Gasteiger partial charge is 0.414 e. The van der Waals surface area contributed by atoms with Gasteiger partial charge in [0.2, 0.25) is 0 Å². The van der Waals surface area contributed by atoms with Crippen LogP contribution < -0.4 is 4.90 Å². The molecule has 7 heteroatoms. The molecule has 0 radical (unpaired) electrons. The van der Waals surface area contributed by atoms with Gasteiger partial charge in [-0.05, 0) is 6.92 Å². The van der Waals surface area contributed by atoms with Gasteiger partial charge in [0.25, 0.3) is 0 Å². The Bertz CT molecular complexity index is 288. The molecule has 1 fully saturated rings. The number of nitrogens with one attached hydrogen (secondary N) is 1. The zero-order valence-corrected chi connectivity index (χ0v) is 11.0. The average Bonchev–Trinajstić information content (AvgIpc) is 2.35. The first kappa shape index (κ1) is 16.2. The third kappa shape index (κ3) is 5.36. The molecule has 1 aliphatic heterocycles. The van der Waals surface area contributed by atoms with Gasteiger partial charge in [-0.25, -0.2) is 0 Å². The van der Waals surface area contributed by atoms with Crippen LogP contribution in [-0.4, -0.2) is 49.6 Å². The largest absolute Gasteiger partial charge is 0.466 e. The Hall–Kier alpha value is -0.820. The van der Waals surface area contributed by atoms with Crippen molar-refractivity contribution in [3.8, 4) is 0 Å². The van der Waals surface area contributed by atoms with E-state index < -0.39 is 12.3 Å². The van der Waals surface area contributed by atoms with Crippen LogP contribution in [-0.2, 0) is 9.53 Å². The summed E-state index contributed by atoms with van der Waals surface area (Å²) < 4.78 is 41.3. The Labute approximate surface area is 110 Å². The lowest BCUT2D eigenvalue weighted by Crippen LogP contribution is -3.13. The molecule has 1 heterocycles. The molecule has 4 nitrogen and oxygen atoms in total. The van der Waals surface area contributed by atoms with Crippen LogP contribution in [0.15, 0.2) is 0 Å². The van der Waals surface area contributed by atoms with Crippen molar-refractivity contribution in [1.82, 2.24) is 0 Å². The fourth-order valence-corrected chi connectivity index (χ4v) is 2.28. The number of quaternary nitrogens is 1. The summed E-state index contributed by atoms with van der Waals surface area (Å²) in [5.41, 5.74) is 0. The summed E-state index contributed by atoms with van der Waals surface area (Å²) in [6, 6.07) is 0. The highest BCUT2D eigenvalue weighted by atomic mass is 19.4. The van der Waals surface area contributed by atoms with E-state index in [1.54, 1.807) is 6.92 Å². The molecule has 19 heavy (non-hydrogen) atoms. The molecule has 0 bridgehead atoms. The summed E-state index contributed by atoms with van der Waals surface area (Å²) in [6.45, 7) is 3.67. The first-order valence-electron chi connectivity index (χ1n) is 6.59. The van der Waals surface area contributed by atoms with Crippen LogP contribution >= 0.6 is 0 Å². The Morgan fingerprint density at radius 1 is 1.42 bits per heavy atom. The predicted octanol–water partition coefficient (Wildman–Crippen LogP) is 0.158. The van der Waals surface area contributed by atoms with Gasteiger partial charge in [0.15, 0.2) is 6.10 Å². The van der Waals surface area contributed by atoms with Crippen molar-refractivity contribution >= 4 is 5.97 Å². The van der Waals surface area contributed by atoms with Gasteiger partial charge in [0.05, 0.1) is 32.2 Å². The molecule has 0 amide bonds. The molecule has 0 aromatic heterocycles. The first-order chi connectivity index (χ1) is 8.84. The molecule has 112 valence electrons. The molecular formula is C12H21F3NO3+. The van der Waals surface area contributed by atoms with E-state index in [1.165, 1.54) is 0 Å². The molecule has 0 saturated carbocycles. The molecule has 0 spiro atoms. The van der Waals surface area contributed by atoms with E-state index in [-0.39, 0.29) is 24.9 Å². The van der Waals surface area contributed by atoms with Crippen LogP contribution in [0.5, 0.6) is 0 Å². The number of carbonyl (C=O) groups excluding carboxylic acids is 1. The van der Waals surface area contributed by atoms with E-state index in [0.29, 0.717) is 32.5 Å². The van der Waals surface area contributed by atoms with Gasteiger partial charge in [-0.3, -0.25) is 4.79 Å². The zero-order chi connectivity index (χ0) is 14.5. The summed E-state index contributed by atoms with van der Waals surface area (Å²) in [6.07, 6.45) is -5.80. The van der Waals surface area contributed by atoms with E-state index in [0.717, 1.165) is 4.90 Å². The summed E-state index contributed by atoms with van der Waals surface area (Å²) in [7, 11) is 0. The SMILES string of the molecule is CCOC(=O)C1CC[NH+](CC[C@H](O)C(F)(F)F)CC1. The van der Waals surface area contributed by atoms with Crippen LogP contribution in [0.25, 0.3) is 0 Å². The highest BCUT2D eigenvalue weighted by molar-refractivity contribution is 5.72. The normalized spacial score (nSPS) is 25.9. The van der Waals surface area contributed by atoms with Crippen LogP contribution in [0, 0.1) is 5.92 Å². The number of esters is 1. The maximum Gasteiger partial charge on any atom is 0.414 e. The number of likely N-dealkylation sites (tertiary alicyclic amines) is 1. The number of alkyl halides is 3. The number of halogens is 3. The fourth-order valence-electron chi connectivity index (χ4n) is 2.28. The molecule has 1 rings (SSSR count). The number of piperidine rings is 1. The second-order valence-corrected chi connectivity index (χ2v) is 4.87. The van der Waals surface area contributed by atoms with Gasteiger partial charge < -0.3 is 14.7 Å². The Morgan fingerprint density at radius 3 is 2.47 bits per heavy atom. The van der Waals surface area contributed by atoms with Gasteiger partial charge in [-0.2, -0.15) is 13.2 Å². The maximum absolute atomic E-state index is 12.1. The predicted molar refractivity (Wildman–Crippen MR) is 61.6 cm³/mol. The average molecular weight is 284 g/mol. The lowest BCUT2D eigenvalue weighted by atomic mass is 9.97. The molecule has 0 aromatic carbocycles. The zero-order valence-electron chi connectivity index (χ0n) is 11.0. The fraction of sp³-hybridized carbons (Fsp3) is 0.917. The number of hydrogen-bond acceptors (Lipinski definition) is 3. The molecule has 1 atom stereocenters. The lowest BCUT2D eigenvalue weighted by Gasteiger charge is -2.28. The molecule has 0 aliphatic carbocycles.